The van der Waals surface area contributed by atoms with Gasteiger partial charge in [-0.3, -0.25) is 0 Å². The van der Waals surface area contributed by atoms with Crippen LogP contribution in [0.1, 0.15) is 6.42 Å². The van der Waals surface area contributed by atoms with Crippen molar-refractivity contribution in [2.75, 3.05) is 6.54 Å². The first-order valence-electron chi connectivity index (χ1n) is 3.71. The van der Waals surface area contributed by atoms with E-state index in [4.69, 9.17) is 11.5 Å². The molecule has 0 aliphatic heterocycles. The van der Waals surface area contributed by atoms with Crippen molar-refractivity contribution in [1.29, 1.82) is 0 Å². The predicted molar refractivity (Wildman–Crippen MR) is 54.4 cm³/mol. The smallest absolute Gasteiger partial charge is 0.0314 e. The maximum Gasteiger partial charge on any atom is 0.0314 e. The molecule has 0 radical (unpaired) electrons. The lowest BCUT2D eigenvalue weighted by Gasteiger charge is -2.10. The second kappa shape index (κ2) is 4.57. The van der Waals surface area contributed by atoms with Crippen molar-refractivity contribution >= 4 is 0 Å². The number of rotatable bonds is 5. The monoisotopic (exact) mass is 164 g/mol. The molecule has 0 atom stereocenters. The molecule has 66 valence electrons. The van der Waals surface area contributed by atoms with E-state index in [1.54, 1.807) is 0 Å². The van der Waals surface area contributed by atoms with E-state index in [-0.39, 0.29) is 0 Å². The van der Waals surface area contributed by atoms with Gasteiger partial charge < -0.3 is 11.5 Å². The number of hydrogen-bond acceptors (Lipinski definition) is 2. The SMILES string of the molecule is C=C(N)C(=C)C(=C)C(=C)CCN. The molecule has 0 rings (SSSR count). The summed E-state index contributed by atoms with van der Waals surface area (Å²) >= 11 is 0. The van der Waals surface area contributed by atoms with Crippen LogP contribution >= 0.6 is 0 Å². The Morgan fingerprint density at radius 3 is 1.83 bits per heavy atom. The molecule has 0 unspecified atom stereocenters. The lowest BCUT2D eigenvalue weighted by atomic mass is 9.98. The topological polar surface area (TPSA) is 52.0 Å². The molecule has 2 heteroatoms. The minimum Gasteiger partial charge on any atom is -0.399 e. The minimum absolute atomic E-state index is 0.429. The van der Waals surface area contributed by atoms with Gasteiger partial charge in [-0.1, -0.05) is 26.3 Å². The van der Waals surface area contributed by atoms with Gasteiger partial charge in [0.15, 0.2) is 0 Å². The summed E-state index contributed by atoms with van der Waals surface area (Å²) < 4.78 is 0. The third kappa shape index (κ3) is 2.76. The molecule has 0 amide bonds. The Morgan fingerprint density at radius 2 is 1.50 bits per heavy atom. The first-order valence-corrected chi connectivity index (χ1v) is 3.71. The lowest BCUT2D eigenvalue weighted by molar-refractivity contribution is 0.964. The molecule has 0 aliphatic carbocycles. The van der Waals surface area contributed by atoms with Crippen LogP contribution in [0.4, 0.5) is 0 Å². The standard InChI is InChI=1S/C10H16N2/c1-7(5-6-11)8(2)9(3)10(4)12/h1-6,11-12H2. The highest BCUT2D eigenvalue weighted by Crippen LogP contribution is 2.19. The summed E-state index contributed by atoms with van der Waals surface area (Å²) in [6.07, 6.45) is 0.713. The fourth-order valence-electron chi connectivity index (χ4n) is 0.732. The molecule has 0 aliphatic rings. The number of allylic oxidation sites excluding steroid dienone is 1. The van der Waals surface area contributed by atoms with Gasteiger partial charge in [0.25, 0.3) is 0 Å². The third-order valence-electron chi connectivity index (χ3n) is 1.62. The quantitative estimate of drug-likeness (QED) is 0.605. The van der Waals surface area contributed by atoms with Crippen molar-refractivity contribution < 1.29 is 0 Å². The Hall–Kier alpha value is -1.28. The Kier molecular flexibility index (Phi) is 4.08. The van der Waals surface area contributed by atoms with Gasteiger partial charge >= 0.3 is 0 Å². The molecule has 0 fully saturated rings. The van der Waals surface area contributed by atoms with Gasteiger partial charge in [0, 0.05) is 5.70 Å². The first-order chi connectivity index (χ1) is 5.50. The third-order valence-corrected chi connectivity index (χ3v) is 1.62. The Morgan fingerprint density at radius 1 is 1.00 bits per heavy atom. The van der Waals surface area contributed by atoms with Crippen molar-refractivity contribution in [2.45, 2.75) is 6.42 Å². The summed E-state index contributed by atoms with van der Waals surface area (Å²) in [6, 6.07) is 0. The summed E-state index contributed by atoms with van der Waals surface area (Å²) in [6.45, 7) is 15.5. The van der Waals surface area contributed by atoms with E-state index in [1.165, 1.54) is 0 Å². The molecular weight excluding hydrogens is 148 g/mol. The Labute approximate surface area is 73.9 Å². The fourth-order valence-corrected chi connectivity index (χ4v) is 0.732. The van der Waals surface area contributed by atoms with Gasteiger partial charge in [0.1, 0.15) is 0 Å². The van der Waals surface area contributed by atoms with Gasteiger partial charge in [-0.2, -0.15) is 0 Å². The fraction of sp³-hybridized carbons (Fsp3) is 0.200. The van der Waals surface area contributed by atoms with Gasteiger partial charge in [0.05, 0.1) is 0 Å². The van der Waals surface area contributed by atoms with E-state index < -0.39 is 0 Å². The number of hydrogen-bond donors (Lipinski definition) is 2. The lowest BCUT2D eigenvalue weighted by Crippen LogP contribution is -2.05. The zero-order chi connectivity index (χ0) is 9.72. The van der Waals surface area contributed by atoms with Crippen LogP contribution in [0.25, 0.3) is 0 Å². The van der Waals surface area contributed by atoms with Crippen molar-refractivity contribution in [3.8, 4) is 0 Å². The molecule has 0 bridgehead atoms. The number of nitrogens with two attached hydrogens (primary N) is 2. The van der Waals surface area contributed by atoms with E-state index >= 15 is 0 Å². The average molecular weight is 164 g/mol. The first kappa shape index (κ1) is 10.7. The maximum absolute atomic E-state index is 5.44. The minimum atomic E-state index is 0.429. The second-order valence-corrected chi connectivity index (χ2v) is 2.62. The second-order valence-electron chi connectivity index (χ2n) is 2.62. The molecule has 0 aromatic carbocycles. The van der Waals surface area contributed by atoms with Crippen molar-refractivity contribution in [2.24, 2.45) is 11.5 Å². The summed E-state index contributed by atoms with van der Waals surface area (Å²) in [4.78, 5) is 0. The van der Waals surface area contributed by atoms with Crippen LogP contribution in [-0.4, -0.2) is 6.54 Å². The molecule has 0 aromatic rings. The van der Waals surface area contributed by atoms with Gasteiger partial charge in [-0.25, -0.2) is 0 Å². The molecule has 0 aromatic heterocycles. The van der Waals surface area contributed by atoms with E-state index in [0.717, 1.165) is 11.1 Å². The maximum atomic E-state index is 5.44. The molecule has 2 nitrogen and oxygen atoms in total. The Balaban J connectivity index is 4.30. The molecule has 4 N–H and O–H groups in total. The highest BCUT2D eigenvalue weighted by Gasteiger charge is 2.04. The summed E-state index contributed by atoms with van der Waals surface area (Å²) in [5, 5.41) is 0. The van der Waals surface area contributed by atoms with Crippen molar-refractivity contribution in [3.63, 3.8) is 0 Å². The predicted octanol–water partition coefficient (Wildman–Crippen LogP) is 1.48. The zero-order valence-corrected chi connectivity index (χ0v) is 7.40. The van der Waals surface area contributed by atoms with Crippen LogP contribution in [0.5, 0.6) is 0 Å². The van der Waals surface area contributed by atoms with Crippen LogP contribution in [-0.2, 0) is 0 Å². The summed E-state index contributed by atoms with van der Waals surface area (Å²) in [7, 11) is 0. The largest absolute Gasteiger partial charge is 0.399 e. The summed E-state index contributed by atoms with van der Waals surface area (Å²) in [5.74, 6) is 0. The van der Waals surface area contributed by atoms with Crippen LogP contribution in [0.2, 0.25) is 0 Å². The van der Waals surface area contributed by atoms with E-state index in [9.17, 15) is 0 Å². The molecule has 0 saturated carbocycles. The summed E-state index contributed by atoms with van der Waals surface area (Å²) in [5.41, 5.74) is 13.5. The van der Waals surface area contributed by atoms with Crippen molar-refractivity contribution in [3.05, 3.63) is 48.7 Å². The molecular formula is C10H16N2. The van der Waals surface area contributed by atoms with Gasteiger partial charge in [-0.15, -0.1) is 0 Å². The van der Waals surface area contributed by atoms with Crippen LogP contribution in [0.3, 0.4) is 0 Å². The van der Waals surface area contributed by atoms with Gasteiger partial charge in [0.2, 0.25) is 0 Å². The zero-order valence-electron chi connectivity index (χ0n) is 7.40. The molecule has 12 heavy (non-hydrogen) atoms. The van der Waals surface area contributed by atoms with Crippen LogP contribution < -0.4 is 11.5 Å². The van der Waals surface area contributed by atoms with E-state index in [1.807, 2.05) is 0 Å². The molecule has 0 heterocycles. The highest BCUT2D eigenvalue weighted by molar-refractivity contribution is 5.50. The highest BCUT2D eigenvalue weighted by atomic mass is 14.6. The molecule has 0 saturated heterocycles. The van der Waals surface area contributed by atoms with Gasteiger partial charge in [-0.05, 0) is 29.7 Å². The van der Waals surface area contributed by atoms with Crippen LogP contribution in [0.15, 0.2) is 48.7 Å². The molecule has 0 spiro atoms. The van der Waals surface area contributed by atoms with Crippen LogP contribution in [0, 0.1) is 0 Å². The van der Waals surface area contributed by atoms with Crippen molar-refractivity contribution in [1.82, 2.24) is 0 Å². The van der Waals surface area contributed by atoms with E-state index in [2.05, 4.69) is 26.3 Å². The average Bonchev–Trinajstić information content (AvgIpc) is 2.02. The van der Waals surface area contributed by atoms with E-state index in [0.29, 0.717) is 24.2 Å². The Bertz CT molecular complexity index is 236. The normalized spacial score (nSPS) is 9.08.